The Balaban J connectivity index is 1.64. The number of carbonyl (C=O) groups is 2. The van der Waals surface area contributed by atoms with Crippen LogP contribution < -0.4 is 0 Å². The van der Waals surface area contributed by atoms with Gasteiger partial charge < -0.3 is 14.6 Å². The number of hydrogen-bond donors (Lipinski definition) is 1. The molecule has 0 fully saturated rings. The van der Waals surface area contributed by atoms with E-state index >= 15 is 0 Å². The number of thiophene rings is 1. The molecule has 142 valence electrons. The van der Waals surface area contributed by atoms with Crippen LogP contribution in [0.3, 0.4) is 0 Å². The highest BCUT2D eigenvalue weighted by molar-refractivity contribution is 7.12. The van der Waals surface area contributed by atoms with Crippen molar-refractivity contribution in [2.75, 3.05) is 6.54 Å². The molecule has 1 aliphatic rings. The summed E-state index contributed by atoms with van der Waals surface area (Å²) in [4.78, 5) is 35.9. The van der Waals surface area contributed by atoms with Gasteiger partial charge in [0.05, 0.1) is 22.8 Å². The van der Waals surface area contributed by atoms with E-state index in [2.05, 4.69) is 9.97 Å². The van der Waals surface area contributed by atoms with Crippen LogP contribution in [0, 0.1) is 0 Å². The van der Waals surface area contributed by atoms with Crippen LogP contribution in [0.4, 0.5) is 0 Å². The van der Waals surface area contributed by atoms with Gasteiger partial charge in [-0.15, -0.1) is 11.3 Å². The van der Waals surface area contributed by atoms with E-state index in [4.69, 9.17) is 0 Å². The molecule has 3 aromatic heterocycles. The molecule has 1 aliphatic heterocycles. The van der Waals surface area contributed by atoms with E-state index in [0.29, 0.717) is 24.4 Å². The molecule has 0 radical (unpaired) electrons. The van der Waals surface area contributed by atoms with E-state index < -0.39 is 17.7 Å². The molecule has 4 heterocycles. The minimum Gasteiger partial charge on any atom is -0.503 e. The van der Waals surface area contributed by atoms with Gasteiger partial charge in [0.2, 0.25) is 5.78 Å². The molecule has 0 spiro atoms. The number of Topliss-reactive ketones (excluding diaryl/α,β-unsaturated/α-hetero) is 1. The zero-order chi connectivity index (χ0) is 19.5. The summed E-state index contributed by atoms with van der Waals surface area (Å²) < 4.78 is 1.92. The van der Waals surface area contributed by atoms with Gasteiger partial charge in [0.25, 0.3) is 5.91 Å². The molecule has 1 amide bonds. The van der Waals surface area contributed by atoms with E-state index in [9.17, 15) is 14.7 Å². The molecule has 1 N–H and O–H groups in total. The molecule has 0 saturated carbocycles. The highest BCUT2D eigenvalue weighted by atomic mass is 32.1. The molecule has 0 aliphatic carbocycles. The number of aliphatic hydroxyl groups is 1. The number of carbonyl (C=O) groups excluding carboxylic acids is 2. The van der Waals surface area contributed by atoms with Crippen molar-refractivity contribution in [3.63, 3.8) is 0 Å². The lowest BCUT2D eigenvalue weighted by Crippen LogP contribution is -2.32. The molecular formula is C20H18N4O3S. The molecule has 0 bridgehead atoms. The lowest BCUT2D eigenvalue weighted by Gasteiger charge is -2.26. The molecule has 0 aromatic carbocycles. The second-order valence-corrected chi connectivity index (χ2v) is 7.35. The third-order valence-corrected chi connectivity index (χ3v) is 5.56. The summed E-state index contributed by atoms with van der Waals surface area (Å²) >= 11 is 1.29. The van der Waals surface area contributed by atoms with Crippen molar-refractivity contribution >= 4 is 23.0 Å². The third kappa shape index (κ3) is 3.34. The predicted molar refractivity (Wildman–Crippen MR) is 104 cm³/mol. The summed E-state index contributed by atoms with van der Waals surface area (Å²) in [5.74, 6) is -1.31. The van der Waals surface area contributed by atoms with Gasteiger partial charge in [0.15, 0.2) is 5.76 Å². The zero-order valence-electron chi connectivity index (χ0n) is 14.9. The first-order valence-electron chi connectivity index (χ1n) is 8.85. The van der Waals surface area contributed by atoms with Crippen molar-refractivity contribution in [3.05, 3.63) is 82.5 Å². The molecular weight excluding hydrogens is 376 g/mol. The van der Waals surface area contributed by atoms with Crippen LogP contribution in [-0.4, -0.2) is 42.8 Å². The Hall–Kier alpha value is -3.26. The molecule has 3 aromatic rings. The molecule has 8 heteroatoms. The first kappa shape index (κ1) is 18.1. The Morgan fingerprint density at radius 3 is 2.64 bits per heavy atom. The summed E-state index contributed by atoms with van der Waals surface area (Å²) in [5.41, 5.74) is 0.871. The average molecular weight is 394 g/mol. The quantitative estimate of drug-likeness (QED) is 0.623. The van der Waals surface area contributed by atoms with E-state index in [-0.39, 0.29) is 11.4 Å². The van der Waals surface area contributed by atoms with Crippen molar-refractivity contribution in [2.45, 2.75) is 19.0 Å². The number of imidazole rings is 1. The Labute approximate surface area is 165 Å². The molecule has 1 atom stereocenters. The van der Waals surface area contributed by atoms with Crippen LogP contribution in [0.1, 0.15) is 27.7 Å². The van der Waals surface area contributed by atoms with Crippen molar-refractivity contribution in [3.8, 4) is 0 Å². The monoisotopic (exact) mass is 394 g/mol. The van der Waals surface area contributed by atoms with E-state index in [1.54, 1.807) is 59.5 Å². The van der Waals surface area contributed by atoms with E-state index in [0.717, 1.165) is 5.56 Å². The van der Waals surface area contributed by atoms with Gasteiger partial charge in [-0.25, -0.2) is 4.98 Å². The number of rotatable bonds is 7. The first-order valence-corrected chi connectivity index (χ1v) is 9.72. The SMILES string of the molecule is O=C(C1=C(O)C(=O)N(CCCn2ccnc2)[C@H]1c1ccncc1)c1cccs1. The number of nitrogens with zero attached hydrogens (tertiary/aromatic N) is 4. The van der Waals surface area contributed by atoms with Crippen molar-refractivity contribution in [1.29, 1.82) is 0 Å². The van der Waals surface area contributed by atoms with Crippen molar-refractivity contribution in [1.82, 2.24) is 19.4 Å². The fraction of sp³-hybridized carbons (Fsp3) is 0.200. The Morgan fingerprint density at radius 1 is 1.14 bits per heavy atom. The summed E-state index contributed by atoms with van der Waals surface area (Å²) in [6, 6.07) is 6.37. The highest BCUT2D eigenvalue weighted by Gasteiger charge is 2.43. The second kappa shape index (κ2) is 7.77. The number of amides is 1. The number of aryl methyl sites for hydroxylation is 1. The van der Waals surface area contributed by atoms with Crippen LogP contribution in [0.5, 0.6) is 0 Å². The average Bonchev–Trinajstić information content (AvgIpc) is 3.46. The molecule has 0 unspecified atom stereocenters. The van der Waals surface area contributed by atoms with Gasteiger partial charge in [-0.05, 0) is 35.6 Å². The predicted octanol–water partition coefficient (Wildman–Crippen LogP) is 3.01. The van der Waals surface area contributed by atoms with Gasteiger partial charge in [-0.3, -0.25) is 14.6 Å². The second-order valence-electron chi connectivity index (χ2n) is 6.40. The number of ketones is 1. The minimum absolute atomic E-state index is 0.126. The highest BCUT2D eigenvalue weighted by Crippen LogP contribution is 2.39. The van der Waals surface area contributed by atoms with Crippen LogP contribution in [-0.2, 0) is 11.3 Å². The summed E-state index contributed by atoms with van der Waals surface area (Å²) in [6.07, 6.45) is 9.17. The maximum Gasteiger partial charge on any atom is 0.290 e. The zero-order valence-corrected chi connectivity index (χ0v) is 15.7. The number of hydrogen-bond acceptors (Lipinski definition) is 6. The lowest BCUT2D eigenvalue weighted by atomic mass is 9.96. The number of aromatic nitrogens is 3. The van der Waals surface area contributed by atoms with Gasteiger partial charge in [0.1, 0.15) is 0 Å². The van der Waals surface area contributed by atoms with Crippen LogP contribution >= 0.6 is 11.3 Å². The fourth-order valence-corrected chi connectivity index (χ4v) is 4.07. The largest absolute Gasteiger partial charge is 0.503 e. The molecule has 4 rings (SSSR count). The first-order chi connectivity index (χ1) is 13.7. The Morgan fingerprint density at radius 2 is 1.96 bits per heavy atom. The fourth-order valence-electron chi connectivity index (χ4n) is 3.39. The van der Waals surface area contributed by atoms with Crippen LogP contribution in [0.2, 0.25) is 0 Å². The topological polar surface area (TPSA) is 88.3 Å². The molecule has 0 saturated heterocycles. The van der Waals surface area contributed by atoms with Gasteiger partial charge in [0, 0.05) is 37.9 Å². The summed E-state index contributed by atoms with van der Waals surface area (Å²) in [5, 5.41) is 12.4. The third-order valence-electron chi connectivity index (χ3n) is 4.69. The van der Waals surface area contributed by atoms with Crippen LogP contribution in [0.25, 0.3) is 0 Å². The number of aliphatic hydroxyl groups excluding tert-OH is 1. The Bertz CT molecular complexity index is 998. The standard InChI is InChI=1S/C20H18N4O3S/c25-18(15-3-1-12-28-15)16-17(14-4-6-21-7-5-14)24(20(27)19(16)26)10-2-9-23-11-8-22-13-23/h1,3-8,11-13,17,26H,2,9-10H2/t17-/m0/s1. The minimum atomic E-state index is -0.632. The normalized spacial score (nSPS) is 16.8. The summed E-state index contributed by atoms with van der Waals surface area (Å²) in [6.45, 7) is 1.08. The Kier molecular flexibility index (Phi) is 5.03. The lowest BCUT2D eigenvalue weighted by molar-refractivity contribution is -0.129. The van der Waals surface area contributed by atoms with E-state index in [1.165, 1.54) is 11.3 Å². The van der Waals surface area contributed by atoms with Crippen molar-refractivity contribution < 1.29 is 14.7 Å². The van der Waals surface area contributed by atoms with Gasteiger partial charge >= 0.3 is 0 Å². The van der Waals surface area contributed by atoms with Gasteiger partial charge in [-0.2, -0.15) is 0 Å². The summed E-state index contributed by atoms with van der Waals surface area (Å²) in [7, 11) is 0. The molecule has 28 heavy (non-hydrogen) atoms. The molecule has 7 nitrogen and oxygen atoms in total. The maximum absolute atomic E-state index is 13.0. The maximum atomic E-state index is 13.0. The van der Waals surface area contributed by atoms with E-state index in [1.807, 2.05) is 10.8 Å². The number of pyridine rings is 1. The van der Waals surface area contributed by atoms with Crippen LogP contribution in [0.15, 0.2) is 72.1 Å². The smallest absolute Gasteiger partial charge is 0.290 e. The van der Waals surface area contributed by atoms with Gasteiger partial charge in [-0.1, -0.05) is 6.07 Å². The van der Waals surface area contributed by atoms with Crippen molar-refractivity contribution in [2.24, 2.45) is 0 Å².